The molecule has 1 saturated heterocycles. The highest BCUT2D eigenvalue weighted by Crippen LogP contribution is 2.33. The summed E-state index contributed by atoms with van der Waals surface area (Å²) >= 11 is 6.14. The molecule has 0 atom stereocenters. The minimum absolute atomic E-state index is 0.138. The fourth-order valence-corrected chi connectivity index (χ4v) is 6.42. The smallest absolute Gasteiger partial charge is 0.264 e. The van der Waals surface area contributed by atoms with E-state index < -0.39 is 10.0 Å². The molecule has 0 aliphatic carbocycles. The third kappa shape index (κ3) is 5.60. The SMILES string of the molecule is Cc1ccc(S(=O)(=O)N(CC(=O)N2CCN(Cc3ccc4c(c3)OCO4)CC2)c2ccc(Cl)cc2C)cc1. The Morgan fingerprint density at radius 3 is 2.34 bits per heavy atom. The molecule has 8 nitrogen and oxygen atoms in total. The first-order valence-electron chi connectivity index (χ1n) is 12.4. The van der Waals surface area contributed by atoms with Gasteiger partial charge in [0, 0.05) is 37.7 Å². The molecule has 0 radical (unpaired) electrons. The second kappa shape index (κ2) is 10.8. The Bertz CT molecular complexity index is 1440. The molecule has 3 aromatic rings. The summed E-state index contributed by atoms with van der Waals surface area (Å²) in [6.07, 6.45) is 0. The first-order chi connectivity index (χ1) is 18.2. The van der Waals surface area contributed by atoms with Gasteiger partial charge in [-0.15, -0.1) is 0 Å². The third-order valence-corrected chi connectivity index (χ3v) is 8.89. The number of anilines is 1. The molecule has 3 aromatic carbocycles. The Kier molecular flexibility index (Phi) is 7.52. The van der Waals surface area contributed by atoms with Crippen LogP contribution in [0.2, 0.25) is 5.02 Å². The van der Waals surface area contributed by atoms with E-state index in [9.17, 15) is 13.2 Å². The molecule has 1 fully saturated rings. The maximum atomic E-state index is 13.7. The molecule has 2 aliphatic heterocycles. The van der Waals surface area contributed by atoms with E-state index in [1.54, 1.807) is 54.3 Å². The number of benzene rings is 3. The van der Waals surface area contributed by atoms with Crippen molar-refractivity contribution in [1.29, 1.82) is 0 Å². The molecular formula is C28H30ClN3O5S. The molecule has 0 N–H and O–H groups in total. The van der Waals surface area contributed by atoms with Gasteiger partial charge in [0.05, 0.1) is 10.6 Å². The van der Waals surface area contributed by atoms with Gasteiger partial charge in [0.2, 0.25) is 12.7 Å². The molecule has 0 bridgehead atoms. The van der Waals surface area contributed by atoms with E-state index in [2.05, 4.69) is 4.90 Å². The minimum Gasteiger partial charge on any atom is -0.454 e. The van der Waals surface area contributed by atoms with Crippen LogP contribution < -0.4 is 13.8 Å². The average Bonchev–Trinajstić information content (AvgIpc) is 3.36. The molecule has 0 unspecified atom stereocenters. The first-order valence-corrected chi connectivity index (χ1v) is 14.3. The highest BCUT2D eigenvalue weighted by atomic mass is 35.5. The van der Waals surface area contributed by atoms with E-state index in [0.717, 1.165) is 29.2 Å². The topological polar surface area (TPSA) is 79.4 Å². The van der Waals surface area contributed by atoms with Gasteiger partial charge in [0.15, 0.2) is 11.5 Å². The van der Waals surface area contributed by atoms with E-state index >= 15 is 0 Å². The van der Waals surface area contributed by atoms with Crippen molar-refractivity contribution in [2.45, 2.75) is 25.3 Å². The minimum atomic E-state index is -3.99. The number of nitrogens with zero attached hydrogens (tertiary/aromatic N) is 3. The van der Waals surface area contributed by atoms with Crippen LogP contribution in [0.1, 0.15) is 16.7 Å². The molecule has 38 heavy (non-hydrogen) atoms. The molecule has 2 heterocycles. The number of rotatable bonds is 7. The highest BCUT2D eigenvalue weighted by molar-refractivity contribution is 7.92. The van der Waals surface area contributed by atoms with Gasteiger partial charge in [-0.05, 0) is 67.4 Å². The van der Waals surface area contributed by atoms with Gasteiger partial charge in [-0.1, -0.05) is 35.4 Å². The molecule has 2 aliphatic rings. The van der Waals surface area contributed by atoms with Crippen LogP contribution in [-0.4, -0.2) is 63.6 Å². The standard InChI is InChI=1S/C28H30ClN3O5S/c1-20-3-7-24(8-4-20)38(34,35)32(25-9-6-23(29)15-21(25)2)18-28(33)31-13-11-30(12-14-31)17-22-5-10-26-27(16-22)37-19-36-26/h3-10,15-16H,11-14,17-19H2,1-2H3. The molecule has 0 aromatic heterocycles. The Morgan fingerprint density at radius 1 is 0.921 bits per heavy atom. The Hall–Kier alpha value is -3.27. The van der Waals surface area contributed by atoms with Crippen molar-refractivity contribution in [3.63, 3.8) is 0 Å². The number of piperazine rings is 1. The van der Waals surface area contributed by atoms with Crippen LogP contribution in [0, 0.1) is 13.8 Å². The van der Waals surface area contributed by atoms with Crippen LogP contribution in [0.25, 0.3) is 0 Å². The van der Waals surface area contributed by atoms with Crippen molar-refractivity contribution in [1.82, 2.24) is 9.80 Å². The lowest BCUT2D eigenvalue weighted by atomic mass is 10.1. The normalized spacial score (nSPS) is 15.5. The van der Waals surface area contributed by atoms with Crippen LogP contribution >= 0.6 is 11.6 Å². The number of hydrogen-bond acceptors (Lipinski definition) is 6. The molecule has 0 spiro atoms. The fourth-order valence-electron chi connectivity index (χ4n) is 4.71. The van der Waals surface area contributed by atoms with Crippen LogP contribution in [0.4, 0.5) is 5.69 Å². The molecule has 200 valence electrons. The van der Waals surface area contributed by atoms with E-state index in [1.807, 2.05) is 25.1 Å². The summed E-state index contributed by atoms with van der Waals surface area (Å²) in [7, 11) is -3.99. The number of fused-ring (bicyclic) bond motifs is 1. The van der Waals surface area contributed by atoms with E-state index in [0.29, 0.717) is 42.5 Å². The first kappa shape index (κ1) is 26.3. The van der Waals surface area contributed by atoms with Crippen molar-refractivity contribution in [3.05, 3.63) is 82.4 Å². The number of sulfonamides is 1. The lowest BCUT2D eigenvalue weighted by molar-refractivity contribution is -0.131. The zero-order valence-electron chi connectivity index (χ0n) is 21.4. The quantitative estimate of drug-likeness (QED) is 0.434. The van der Waals surface area contributed by atoms with E-state index in [4.69, 9.17) is 21.1 Å². The molecule has 0 saturated carbocycles. The van der Waals surface area contributed by atoms with E-state index in [-0.39, 0.29) is 24.1 Å². The largest absolute Gasteiger partial charge is 0.454 e. The Balaban J connectivity index is 1.29. The highest BCUT2D eigenvalue weighted by Gasteiger charge is 2.31. The van der Waals surface area contributed by atoms with Crippen LogP contribution in [0.5, 0.6) is 11.5 Å². The summed E-state index contributed by atoms with van der Waals surface area (Å²) in [6.45, 7) is 6.77. The van der Waals surface area contributed by atoms with Crippen molar-refractivity contribution < 1.29 is 22.7 Å². The number of amides is 1. The lowest BCUT2D eigenvalue weighted by Gasteiger charge is -2.36. The predicted octanol–water partition coefficient (Wildman–Crippen LogP) is 4.23. The summed E-state index contributed by atoms with van der Waals surface area (Å²) in [4.78, 5) is 17.6. The molecule has 1 amide bonds. The molecule has 10 heteroatoms. The summed E-state index contributed by atoms with van der Waals surface area (Å²) in [5.41, 5.74) is 3.18. The Morgan fingerprint density at radius 2 is 1.63 bits per heavy atom. The zero-order valence-corrected chi connectivity index (χ0v) is 23.0. The van der Waals surface area contributed by atoms with E-state index in [1.165, 1.54) is 4.31 Å². The van der Waals surface area contributed by atoms with Crippen LogP contribution in [0.15, 0.2) is 65.6 Å². The summed E-state index contributed by atoms with van der Waals surface area (Å²) in [5, 5.41) is 0.504. The van der Waals surface area contributed by atoms with Crippen molar-refractivity contribution in [2.75, 3.05) is 43.8 Å². The summed E-state index contributed by atoms with van der Waals surface area (Å²) < 4.78 is 39.5. The maximum Gasteiger partial charge on any atom is 0.264 e. The maximum absolute atomic E-state index is 13.7. The fraction of sp³-hybridized carbons (Fsp3) is 0.321. The number of hydrogen-bond donors (Lipinski definition) is 0. The predicted molar refractivity (Wildman–Crippen MR) is 146 cm³/mol. The summed E-state index contributed by atoms with van der Waals surface area (Å²) in [6, 6.07) is 17.6. The number of halogens is 1. The van der Waals surface area contributed by atoms with Gasteiger partial charge < -0.3 is 14.4 Å². The van der Waals surface area contributed by atoms with Gasteiger partial charge >= 0.3 is 0 Å². The van der Waals surface area contributed by atoms with Crippen molar-refractivity contribution >= 4 is 33.2 Å². The summed E-state index contributed by atoms with van der Waals surface area (Å²) in [5.74, 6) is 1.27. The second-order valence-electron chi connectivity index (χ2n) is 9.60. The third-order valence-electron chi connectivity index (χ3n) is 6.88. The van der Waals surface area contributed by atoms with Crippen molar-refractivity contribution in [2.24, 2.45) is 0 Å². The van der Waals surface area contributed by atoms with Crippen LogP contribution in [0.3, 0.4) is 0 Å². The molecule has 5 rings (SSSR count). The van der Waals surface area contributed by atoms with Crippen molar-refractivity contribution in [3.8, 4) is 11.5 Å². The van der Waals surface area contributed by atoms with Gasteiger partial charge in [0.25, 0.3) is 10.0 Å². The average molecular weight is 556 g/mol. The second-order valence-corrected chi connectivity index (χ2v) is 11.9. The van der Waals surface area contributed by atoms with Gasteiger partial charge in [-0.3, -0.25) is 14.0 Å². The van der Waals surface area contributed by atoms with Gasteiger partial charge in [0.1, 0.15) is 6.54 Å². The lowest BCUT2D eigenvalue weighted by Crippen LogP contribution is -2.51. The number of carbonyl (C=O) groups is 1. The number of carbonyl (C=O) groups excluding carboxylic acids is 1. The van der Waals surface area contributed by atoms with Gasteiger partial charge in [-0.25, -0.2) is 8.42 Å². The number of aryl methyl sites for hydroxylation is 2. The Labute approximate surface area is 228 Å². The molecular weight excluding hydrogens is 526 g/mol. The van der Waals surface area contributed by atoms with Crippen LogP contribution in [-0.2, 0) is 21.4 Å². The zero-order chi connectivity index (χ0) is 26.9. The monoisotopic (exact) mass is 555 g/mol. The van der Waals surface area contributed by atoms with Gasteiger partial charge in [-0.2, -0.15) is 0 Å². The number of ether oxygens (including phenoxy) is 2.